The molecule has 4 aromatic heterocycles. The van der Waals surface area contributed by atoms with Crippen molar-refractivity contribution in [2.24, 2.45) is 0 Å². The molecule has 0 aliphatic carbocycles. The van der Waals surface area contributed by atoms with Crippen LogP contribution in [0.2, 0.25) is 0 Å². The van der Waals surface area contributed by atoms with Crippen LogP contribution in [-0.4, -0.2) is 19.9 Å². The molecule has 0 saturated carbocycles. The molecule has 0 bridgehead atoms. The zero-order valence-corrected chi connectivity index (χ0v) is 20.5. The monoisotopic (exact) mass is 486 g/mol. The van der Waals surface area contributed by atoms with Crippen LogP contribution < -0.4 is 0 Å². The van der Waals surface area contributed by atoms with Crippen LogP contribution in [0.25, 0.3) is 66.6 Å². The van der Waals surface area contributed by atoms with Gasteiger partial charge in [0, 0.05) is 46.7 Å². The Balaban J connectivity index is 1.27. The molecule has 3 aromatic carbocycles. The summed E-state index contributed by atoms with van der Waals surface area (Å²) in [6, 6.07) is 37.7. The normalized spacial score (nSPS) is 11.2. The Bertz CT molecular complexity index is 1740. The second-order valence-electron chi connectivity index (χ2n) is 9.23. The molecule has 4 heteroatoms. The largest absolute Gasteiger partial charge is 0.265 e. The molecular weight excluding hydrogens is 464 g/mol. The van der Waals surface area contributed by atoms with Crippen molar-refractivity contribution in [2.75, 3.05) is 0 Å². The first-order chi connectivity index (χ1) is 18.8. The van der Waals surface area contributed by atoms with Gasteiger partial charge in [0.25, 0.3) is 0 Å². The van der Waals surface area contributed by atoms with Gasteiger partial charge in [0.15, 0.2) is 0 Å². The van der Waals surface area contributed by atoms with E-state index in [9.17, 15) is 0 Å². The second-order valence-corrected chi connectivity index (χ2v) is 9.23. The first kappa shape index (κ1) is 22.0. The predicted octanol–water partition coefficient (Wildman–Crippen LogP) is 8.24. The van der Waals surface area contributed by atoms with E-state index >= 15 is 0 Å². The Morgan fingerprint density at radius 3 is 1.00 bits per heavy atom. The summed E-state index contributed by atoms with van der Waals surface area (Å²) in [4.78, 5) is 18.4. The quantitative estimate of drug-likeness (QED) is 0.235. The maximum atomic E-state index is 5.09. The van der Waals surface area contributed by atoms with E-state index in [4.69, 9.17) is 9.97 Å². The smallest absolute Gasteiger partial charge is 0.0972 e. The number of fused-ring (bicyclic) bond motifs is 3. The van der Waals surface area contributed by atoms with Gasteiger partial charge in [-0.05, 0) is 58.7 Å². The maximum Gasteiger partial charge on any atom is 0.0972 e. The summed E-state index contributed by atoms with van der Waals surface area (Å²) in [5.41, 5.74) is 10.4. The minimum absolute atomic E-state index is 0.911. The Labute approximate surface area is 220 Å². The lowest BCUT2D eigenvalue weighted by Gasteiger charge is -2.09. The lowest BCUT2D eigenvalue weighted by Crippen LogP contribution is -1.91. The van der Waals surface area contributed by atoms with Crippen molar-refractivity contribution in [1.29, 1.82) is 0 Å². The van der Waals surface area contributed by atoms with Crippen molar-refractivity contribution in [1.82, 2.24) is 19.9 Å². The lowest BCUT2D eigenvalue weighted by molar-refractivity contribution is 1.33. The molecular formula is C34H22N4. The number of pyridine rings is 4. The van der Waals surface area contributed by atoms with E-state index in [1.807, 2.05) is 49.1 Å². The van der Waals surface area contributed by atoms with E-state index in [2.05, 4.69) is 94.9 Å². The molecule has 0 unspecified atom stereocenters. The van der Waals surface area contributed by atoms with Crippen molar-refractivity contribution in [2.45, 2.75) is 0 Å². The third kappa shape index (κ3) is 4.08. The van der Waals surface area contributed by atoms with Crippen LogP contribution in [0.3, 0.4) is 0 Å². The average molecular weight is 487 g/mol. The molecule has 0 N–H and O–H groups in total. The lowest BCUT2D eigenvalue weighted by atomic mass is 10.0. The standard InChI is InChI=1S/C34H22N4/c1-5-27(6-2-23(1)25-15-19-35-20-16-25)31-13-11-29-9-10-30-12-14-32(38-34(30)33(29)37-31)28-7-3-24(4-8-28)26-17-21-36-22-18-26/h1-22H. The topological polar surface area (TPSA) is 51.6 Å². The number of aromatic nitrogens is 4. The van der Waals surface area contributed by atoms with Crippen molar-refractivity contribution in [3.05, 3.63) is 134 Å². The minimum Gasteiger partial charge on any atom is -0.265 e. The molecule has 7 rings (SSSR count). The maximum absolute atomic E-state index is 5.09. The molecule has 0 radical (unpaired) electrons. The first-order valence-electron chi connectivity index (χ1n) is 12.5. The van der Waals surface area contributed by atoms with E-state index in [1.54, 1.807) is 0 Å². The van der Waals surface area contributed by atoms with Gasteiger partial charge < -0.3 is 0 Å². The van der Waals surface area contributed by atoms with Crippen molar-refractivity contribution in [3.63, 3.8) is 0 Å². The van der Waals surface area contributed by atoms with Gasteiger partial charge in [-0.2, -0.15) is 0 Å². The molecule has 4 nitrogen and oxygen atoms in total. The summed E-state index contributed by atoms with van der Waals surface area (Å²) >= 11 is 0. The Morgan fingerprint density at radius 2 is 0.605 bits per heavy atom. The summed E-state index contributed by atoms with van der Waals surface area (Å²) in [5, 5.41) is 2.15. The van der Waals surface area contributed by atoms with E-state index < -0.39 is 0 Å². The highest BCUT2D eigenvalue weighted by Crippen LogP contribution is 2.30. The van der Waals surface area contributed by atoms with E-state index in [1.165, 1.54) is 0 Å². The van der Waals surface area contributed by atoms with Crippen LogP contribution in [0.4, 0.5) is 0 Å². The van der Waals surface area contributed by atoms with E-state index in [0.717, 1.165) is 66.6 Å². The van der Waals surface area contributed by atoms with Gasteiger partial charge in [0.2, 0.25) is 0 Å². The van der Waals surface area contributed by atoms with Crippen LogP contribution in [0, 0.1) is 0 Å². The summed E-state index contributed by atoms with van der Waals surface area (Å²) in [6.45, 7) is 0. The fourth-order valence-corrected chi connectivity index (χ4v) is 4.84. The highest BCUT2D eigenvalue weighted by Gasteiger charge is 2.09. The van der Waals surface area contributed by atoms with Gasteiger partial charge >= 0.3 is 0 Å². The van der Waals surface area contributed by atoms with Gasteiger partial charge in [0.05, 0.1) is 22.4 Å². The second kappa shape index (κ2) is 9.34. The predicted molar refractivity (Wildman–Crippen MR) is 154 cm³/mol. The fraction of sp³-hybridized carbons (Fsp3) is 0. The molecule has 0 saturated heterocycles. The molecule has 0 aliphatic heterocycles. The summed E-state index contributed by atoms with van der Waals surface area (Å²) in [7, 11) is 0. The van der Waals surface area contributed by atoms with Crippen LogP contribution in [-0.2, 0) is 0 Å². The SMILES string of the molecule is c1cc(-c2ccc(-c3ccc4ccc5ccc(-c6ccc(-c7ccncc7)cc6)nc5c4n3)cc2)ccn1. The number of hydrogen-bond donors (Lipinski definition) is 0. The van der Waals surface area contributed by atoms with Gasteiger partial charge in [-0.25, -0.2) is 9.97 Å². The third-order valence-corrected chi connectivity index (χ3v) is 6.91. The third-order valence-electron chi connectivity index (χ3n) is 6.91. The number of nitrogens with zero attached hydrogens (tertiary/aromatic N) is 4. The molecule has 0 amide bonds. The number of hydrogen-bond acceptors (Lipinski definition) is 4. The fourth-order valence-electron chi connectivity index (χ4n) is 4.84. The van der Waals surface area contributed by atoms with E-state index in [-0.39, 0.29) is 0 Å². The van der Waals surface area contributed by atoms with Crippen LogP contribution in [0.5, 0.6) is 0 Å². The minimum atomic E-state index is 0.911. The van der Waals surface area contributed by atoms with Crippen molar-refractivity contribution < 1.29 is 0 Å². The average Bonchev–Trinajstić information content (AvgIpc) is 3.01. The molecule has 4 heterocycles. The summed E-state index contributed by atoms with van der Waals surface area (Å²) < 4.78 is 0. The Hall–Kier alpha value is -5.22. The van der Waals surface area contributed by atoms with Gasteiger partial charge in [0.1, 0.15) is 0 Å². The summed E-state index contributed by atoms with van der Waals surface area (Å²) in [6.07, 6.45) is 7.26. The zero-order chi connectivity index (χ0) is 25.3. The zero-order valence-electron chi connectivity index (χ0n) is 20.5. The van der Waals surface area contributed by atoms with Crippen LogP contribution in [0.1, 0.15) is 0 Å². The van der Waals surface area contributed by atoms with Gasteiger partial charge in [-0.3, -0.25) is 9.97 Å². The molecule has 178 valence electrons. The van der Waals surface area contributed by atoms with E-state index in [0.29, 0.717) is 0 Å². The molecule has 0 fully saturated rings. The summed E-state index contributed by atoms with van der Waals surface area (Å²) in [5.74, 6) is 0. The Kier molecular flexibility index (Phi) is 5.41. The molecule has 7 aromatic rings. The Morgan fingerprint density at radius 1 is 0.289 bits per heavy atom. The molecule has 0 spiro atoms. The number of rotatable bonds is 4. The highest BCUT2D eigenvalue weighted by molar-refractivity contribution is 6.04. The van der Waals surface area contributed by atoms with Crippen molar-refractivity contribution >= 4 is 21.8 Å². The number of benzene rings is 3. The molecule has 0 aliphatic rings. The molecule has 38 heavy (non-hydrogen) atoms. The van der Waals surface area contributed by atoms with Gasteiger partial charge in [-0.15, -0.1) is 0 Å². The first-order valence-corrected chi connectivity index (χ1v) is 12.5. The van der Waals surface area contributed by atoms with Crippen LogP contribution in [0.15, 0.2) is 134 Å². The van der Waals surface area contributed by atoms with Crippen LogP contribution >= 0.6 is 0 Å². The van der Waals surface area contributed by atoms with Crippen molar-refractivity contribution in [3.8, 4) is 44.8 Å². The van der Waals surface area contributed by atoms with Gasteiger partial charge in [-0.1, -0.05) is 72.8 Å². The molecule has 0 atom stereocenters. The highest BCUT2D eigenvalue weighted by atomic mass is 14.8.